The zero-order valence-electron chi connectivity index (χ0n) is 21.5. The van der Waals surface area contributed by atoms with Crippen LogP contribution in [0.25, 0.3) is 11.2 Å². The van der Waals surface area contributed by atoms with Gasteiger partial charge in [0.15, 0.2) is 11.5 Å². The first-order valence-electron chi connectivity index (χ1n) is 12.4. The van der Waals surface area contributed by atoms with Gasteiger partial charge in [0.1, 0.15) is 42.3 Å². The first-order valence-corrected chi connectivity index (χ1v) is 15.4. The largest absolute Gasteiger partial charge is 0.472 e. The first-order chi connectivity index (χ1) is 19.9. The quantitative estimate of drug-likeness (QED) is 0.102. The Morgan fingerprint density at radius 2 is 1.98 bits per heavy atom. The lowest BCUT2D eigenvalue weighted by molar-refractivity contribution is -0.0449. The van der Waals surface area contributed by atoms with E-state index in [9.17, 15) is 18.8 Å². The summed E-state index contributed by atoms with van der Waals surface area (Å²) in [6.07, 6.45) is 0.932. The average molecular weight is 631 g/mol. The number of nitrogens with two attached hydrogens (primary N) is 1. The minimum absolute atomic E-state index is 0.0167. The van der Waals surface area contributed by atoms with Crippen LogP contribution in [0.3, 0.4) is 0 Å². The molecule has 3 aromatic heterocycles. The maximum atomic E-state index is 12.9. The van der Waals surface area contributed by atoms with Gasteiger partial charge in [-0.05, 0) is 12.8 Å². The van der Waals surface area contributed by atoms with Gasteiger partial charge in [-0.25, -0.2) is 29.1 Å². The summed E-state index contributed by atoms with van der Waals surface area (Å²) in [7, 11) is -9.65. The van der Waals surface area contributed by atoms with Crippen molar-refractivity contribution >= 4 is 44.7 Å². The van der Waals surface area contributed by atoms with E-state index in [-0.39, 0.29) is 35.7 Å². The number of nitrogen functional groups attached to an aromatic ring is 1. The normalized spacial score (nSPS) is 25.9. The molecule has 2 aliphatic heterocycles. The van der Waals surface area contributed by atoms with Gasteiger partial charge in [0.2, 0.25) is 0 Å². The lowest BCUT2D eigenvalue weighted by Crippen LogP contribution is -2.29. The Morgan fingerprint density at radius 1 is 1.17 bits per heavy atom. The number of aromatic amines is 1. The topological polar surface area (TPSA) is 292 Å². The third-order valence-corrected chi connectivity index (χ3v) is 7.91. The van der Waals surface area contributed by atoms with E-state index in [0.717, 1.165) is 6.21 Å². The van der Waals surface area contributed by atoms with Gasteiger partial charge in [-0.2, -0.15) is 0 Å². The van der Waals surface area contributed by atoms with E-state index in [1.807, 2.05) is 0 Å². The number of phosphoric acid groups is 2. The first kappa shape index (κ1) is 30.3. The number of fused-ring (bicyclic) bond motifs is 1. The van der Waals surface area contributed by atoms with E-state index in [1.54, 1.807) is 0 Å². The fraction of sp³-hybridized carbons (Fsp3) is 0.500. The average Bonchev–Trinajstić information content (AvgIpc) is 3.65. The van der Waals surface area contributed by atoms with Crippen LogP contribution in [0.2, 0.25) is 0 Å². The summed E-state index contributed by atoms with van der Waals surface area (Å²) in [4.78, 5) is 59.1. The van der Waals surface area contributed by atoms with Crippen molar-refractivity contribution in [3.63, 3.8) is 0 Å². The highest BCUT2D eigenvalue weighted by atomic mass is 31.2. The number of H-pyrrole nitrogens is 1. The third-order valence-electron chi connectivity index (χ3n) is 6.42. The molecule has 8 N–H and O–H groups in total. The third kappa shape index (κ3) is 7.07. The summed E-state index contributed by atoms with van der Waals surface area (Å²) in [6, 6.07) is 0. The van der Waals surface area contributed by atoms with Crippen molar-refractivity contribution in [1.29, 1.82) is 5.41 Å². The second-order valence-electron chi connectivity index (χ2n) is 9.25. The number of hydrogen-bond acceptors (Lipinski definition) is 15. The molecular weight excluding hydrogens is 604 g/mol. The standard InChI is InChI=1S/C20H27N9O11P2/c21-4-11-18(24-8-26-20(11)30)28-14-2-1-10(38-14)5-37-42(34,35)40-12-3-15(39-13(12)6-36-41(31,32)33)29-9-27-16-17(22)23-7-25-19(16)29/h4,7-10,12-15,21H,1-3,5-6H2,(H,34,35)(H2,22,23,25)(H2,31,32,33)(H2,24,26,28,30)/t10-,12?,13+,14+,15+/m0/s1. The second-order valence-corrected chi connectivity index (χ2v) is 11.9. The van der Waals surface area contributed by atoms with Crippen LogP contribution in [0, 0.1) is 5.41 Å². The number of hydrogen-bond donors (Lipinski definition) is 7. The number of anilines is 2. The molecule has 20 nitrogen and oxygen atoms in total. The van der Waals surface area contributed by atoms with E-state index in [1.165, 1.54) is 23.5 Å². The number of nitrogens with zero attached hydrogens (tertiary/aromatic N) is 5. The molecule has 2 aliphatic rings. The molecule has 2 saturated heterocycles. The van der Waals surface area contributed by atoms with Crippen LogP contribution in [-0.4, -0.2) is 88.1 Å². The molecular formula is C20H27N9O11P2. The van der Waals surface area contributed by atoms with Gasteiger partial charge in [-0.3, -0.25) is 22.9 Å². The second kappa shape index (κ2) is 12.2. The molecule has 5 heterocycles. The van der Waals surface area contributed by atoms with Crippen molar-refractivity contribution in [2.45, 2.75) is 50.0 Å². The highest BCUT2D eigenvalue weighted by Gasteiger charge is 2.43. The van der Waals surface area contributed by atoms with Gasteiger partial charge >= 0.3 is 15.6 Å². The molecule has 228 valence electrons. The summed E-state index contributed by atoms with van der Waals surface area (Å²) in [6.45, 7) is -1.00. The molecule has 2 unspecified atom stereocenters. The van der Waals surface area contributed by atoms with Crippen LogP contribution in [0.5, 0.6) is 0 Å². The lowest BCUT2D eigenvalue weighted by Gasteiger charge is -2.22. The van der Waals surface area contributed by atoms with Gasteiger partial charge in [0.05, 0.1) is 37.5 Å². The van der Waals surface area contributed by atoms with Crippen molar-refractivity contribution in [3.8, 4) is 0 Å². The Hall–Kier alpha value is -3.16. The summed E-state index contributed by atoms with van der Waals surface area (Å²) in [5, 5.41) is 10.3. The molecule has 0 bridgehead atoms. The van der Waals surface area contributed by atoms with Gasteiger partial charge in [-0.15, -0.1) is 0 Å². The molecule has 0 aliphatic carbocycles. The highest BCUT2D eigenvalue weighted by molar-refractivity contribution is 7.47. The maximum absolute atomic E-state index is 12.9. The van der Waals surface area contributed by atoms with Crippen molar-refractivity contribution in [1.82, 2.24) is 29.5 Å². The van der Waals surface area contributed by atoms with Gasteiger partial charge in [-0.1, -0.05) is 0 Å². The van der Waals surface area contributed by atoms with Crippen LogP contribution < -0.4 is 16.6 Å². The Bertz CT molecular complexity index is 1600. The number of rotatable bonds is 12. The fourth-order valence-corrected chi connectivity index (χ4v) is 5.83. The molecule has 5 rings (SSSR count). The zero-order chi connectivity index (χ0) is 30.1. The fourth-order valence-electron chi connectivity index (χ4n) is 4.51. The van der Waals surface area contributed by atoms with E-state index < -0.39 is 58.6 Å². The van der Waals surface area contributed by atoms with Gasteiger partial charge < -0.3 is 45.6 Å². The lowest BCUT2D eigenvalue weighted by atomic mass is 10.2. The highest BCUT2D eigenvalue weighted by Crippen LogP contribution is 2.49. The number of imidazole rings is 1. The predicted octanol–water partition coefficient (Wildman–Crippen LogP) is 0.00567. The molecule has 0 spiro atoms. The number of nitrogens with one attached hydrogen (secondary N) is 3. The Kier molecular flexibility index (Phi) is 8.81. The summed E-state index contributed by atoms with van der Waals surface area (Å²) in [5.74, 6) is 0.269. The zero-order valence-corrected chi connectivity index (χ0v) is 23.3. The molecule has 42 heavy (non-hydrogen) atoms. The Labute approximate surface area is 235 Å². The van der Waals surface area contributed by atoms with Crippen molar-refractivity contribution in [2.24, 2.45) is 0 Å². The molecule has 0 saturated carbocycles. The van der Waals surface area contributed by atoms with Crippen molar-refractivity contribution < 1.29 is 46.9 Å². The molecule has 3 aromatic rings. The van der Waals surface area contributed by atoms with E-state index >= 15 is 0 Å². The number of ether oxygens (including phenoxy) is 2. The van der Waals surface area contributed by atoms with E-state index in [0.29, 0.717) is 18.5 Å². The number of phosphoric ester groups is 2. The number of aromatic nitrogens is 6. The van der Waals surface area contributed by atoms with Crippen LogP contribution in [0.15, 0.2) is 23.8 Å². The maximum Gasteiger partial charge on any atom is 0.472 e. The SMILES string of the molecule is N=Cc1c(N[C@H]2CC[C@@H](COP(=O)(O)OC3C[C@H](n4cnc5c(N)ncnc54)O[C@@H]3COP(=O)(O)O)O2)nc[nH]c1=O. The minimum Gasteiger partial charge on any atom is -0.382 e. The van der Waals surface area contributed by atoms with Crippen LogP contribution in [0.1, 0.15) is 31.1 Å². The summed E-state index contributed by atoms with van der Waals surface area (Å²) >= 11 is 0. The molecule has 6 atom stereocenters. The van der Waals surface area contributed by atoms with Gasteiger partial charge in [0, 0.05) is 12.6 Å². The summed E-state index contributed by atoms with van der Waals surface area (Å²) < 4.78 is 52.4. The molecule has 2 fully saturated rings. The van der Waals surface area contributed by atoms with E-state index in [2.05, 4.69) is 34.8 Å². The Balaban J connectivity index is 1.21. The predicted molar refractivity (Wildman–Crippen MR) is 141 cm³/mol. The summed E-state index contributed by atoms with van der Waals surface area (Å²) in [5.41, 5.74) is 5.94. The molecule has 0 amide bonds. The van der Waals surface area contributed by atoms with Crippen LogP contribution in [-0.2, 0) is 32.2 Å². The molecule has 0 radical (unpaired) electrons. The van der Waals surface area contributed by atoms with Crippen LogP contribution >= 0.6 is 15.6 Å². The smallest absolute Gasteiger partial charge is 0.382 e. The monoisotopic (exact) mass is 631 g/mol. The minimum atomic E-state index is -4.90. The van der Waals surface area contributed by atoms with Crippen LogP contribution in [0.4, 0.5) is 11.6 Å². The Morgan fingerprint density at radius 3 is 2.74 bits per heavy atom. The van der Waals surface area contributed by atoms with Gasteiger partial charge in [0.25, 0.3) is 5.56 Å². The molecule has 0 aromatic carbocycles. The van der Waals surface area contributed by atoms with Crippen molar-refractivity contribution in [3.05, 3.63) is 34.9 Å². The van der Waals surface area contributed by atoms with Crippen molar-refractivity contribution in [2.75, 3.05) is 24.3 Å². The van der Waals surface area contributed by atoms with E-state index in [4.69, 9.17) is 39.5 Å². The molecule has 22 heteroatoms.